The number of rotatable bonds is 2. The Kier molecular flexibility index (Phi) is 2.40. The molecule has 0 bridgehead atoms. The van der Waals surface area contributed by atoms with Gasteiger partial charge in [-0.05, 0) is 6.92 Å². The van der Waals surface area contributed by atoms with E-state index in [2.05, 4.69) is 6.41 Å². The number of morpholine rings is 1. The van der Waals surface area contributed by atoms with E-state index in [9.17, 15) is 4.79 Å². The maximum absolute atomic E-state index is 10.5. The van der Waals surface area contributed by atoms with Crippen molar-refractivity contribution in [1.29, 1.82) is 0 Å². The van der Waals surface area contributed by atoms with Crippen LogP contribution >= 0.6 is 0 Å². The predicted octanol–water partition coefficient (Wildman–Crippen LogP) is -0.0795. The summed E-state index contributed by atoms with van der Waals surface area (Å²) in [5.41, 5.74) is 0. The fraction of sp³-hybridized carbons (Fsp3) is 0.857. The van der Waals surface area contributed by atoms with E-state index in [1.54, 1.807) is 0 Å². The first-order valence-corrected chi connectivity index (χ1v) is 3.66. The summed E-state index contributed by atoms with van der Waals surface area (Å²) in [6, 6.07) is 0. The van der Waals surface area contributed by atoms with Gasteiger partial charge in [0.05, 0.1) is 19.8 Å². The minimum atomic E-state index is 0.458. The second kappa shape index (κ2) is 3.12. The van der Waals surface area contributed by atoms with Crippen LogP contribution in [0, 0.1) is 0 Å². The third-order valence-electron chi connectivity index (χ3n) is 2.13. The van der Waals surface area contributed by atoms with Gasteiger partial charge in [0.1, 0.15) is 13.1 Å². The van der Waals surface area contributed by atoms with Gasteiger partial charge in [-0.25, -0.2) is 9.28 Å². The van der Waals surface area contributed by atoms with Crippen molar-refractivity contribution in [1.82, 2.24) is 0 Å². The number of likely N-dealkylation sites (N-methyl/N-ethyl adjacent to an activating group) is 1. The van der Waals surface area contributed by atoms with Gasteiger partial charge in [-0.2, -0.15) is 0 Å². The molecule has 0 atom stereocenters. The van der Waals surface area contributed by atoms with Gasteiger partial charge in [-0.1, -0.05) is 0 Å². The highest BCUT2D eigenvalue weighted by Gasteiger charge is 2.29. The molecule has 0 N–H and O–H groups in total. The Morgan fingerprint density at radius 2 is 2.10 bits per heavy atom. The number of nitrogens with zero attached hydrogens (tertiary/aromatic N) is 1. The monoisotopic (exact) mass is 143 g/mol. The number of quaternary nitrogens is 1. The lowest BCUT2D eigenvalue weighted by molar-refractivity contribution is -0.846. The lowest BCUT2D eigenvalue weighted by Crippen LogP contribution is -2.53. The van der Waals surface area contributed by atoms with Crippen LogP contribution in [0.15, 0.2) is 0 Å². The van der Waals surface area contributed by atoms with E-state index in [4.69, 9.17) is 4.74 Å². The van der Waals surface area contributed by atoms with Crippen LogP contribution in [0.4, 0.5) is 0 Å². The van der Waals surface area contributed by atoms with Crippen molar-refractivity contribution in [3.05, 3.63) is 0 Å². The summed E-state index contributed by atoms with van der Waals surface area (Å²) in [6.45, 7) is 5.83. The van der Waals surface area contributed by atoms with Crippen LogP contribution in [-0.4, -0.2) is 43.7 Å². The molecule has 1 radical (unpaired) electrons. The quantitative estimate of drug-likeness (QED) is 0.505. The van der Waals surface area contributed by atoms with Crippen LogP contribution < -0.4 is 0 Å². The first-order chi connectivity index (χ1) is 4.83. The number of ether oxygens (including phenoxy) is 1. The molecular formula is C7H13NO2+. The predicted molar refractivity (Wildman–Crippen MR) is 37.0 cm³/mol. The van der Waals surface area contributed by atoms with E-state index in [-0.39, 0.29) is 0 Å². The van der Waals surface area contributed by atoms with Gasteiger partial charge in [0.2, 0.25) is 0 Å². The standard InChI is InChI=1S/C7H13NO2/c1-2-8(7-9)3-5-10-6-4-8/h2-6H2,1H3/q+1. The molecule has 0 aromatic heterocycles. The molecule has 57 valence electrons. The summed E-state index contributed by atoms with van der Waals surface area (Å²) in [6.07, 6.45) is 2.07. The molecule has 0 saturated carbocycles. The van der Waals surface area contributed by atoms with Crippen LogP contribution in [0.3, 0.4) is 0 Å². The molecule has 1 saturated heterocycles. The van der Waals surface area contributed by atoms with Crippen molar-refractivity contribution in [2.75, 3.05) is 32.8 Å². The Balaban J connectivity index is 2.52. The molecule has 1 aliphatic heterocycles. The lowest BCUT2D eigenvalue weighted by atomic mass is 10.3. The summed E-state index contributed by atoms with van der Waals surface area (Å²) >= 11 is 0. The molecule has 1 aliphatic rings. The zero-order valence-electron chi connectivity index (χ0n) is 6.30. The molecule has 0 aromatic rings. The van der Waals surface area contributed by atoms with Crippen molar-refractivity contribution in [3.63, 3.8) is 0 Å². The van der Waals surface area contributed by atoms with Gasteiger partial charge >= 0.3 is 6.41 Å². The van der Waals surface area contributed by atoms with E-state index in [0.717, 1.165) is 19.6 Å². The Morgan fingerprint density at radius 1 is 1.50 bits per heavy atom. The molecule has 3 heteroatoms. The van der Waals surface area contributed by atoms with Crippen LogP contribution in [0.25, 0.3) is 0 Å². The van der Waals surface area contributed by atoms with Crippen molar-refractivity contribution in [2.24, 2.45) is 0 Å². The Hall–Kier alpha value is -0.410. The van der Waals surface area contributed by atoms with Gasteiger partial charge in [0, 0.05) is 0 Å². The van der Waals surface area contributed by atoms with Crippen molar-refractivity contribution < 1.29 is 14.0 Å². The SMILES string of the molecule is CC[N+]1([C]=O)CCOCC1. The van der Waals surface area contributed by atoms with Crippen LogP contribution in [0.2, 0.25) is 0 Å². The van der Waals surface area contributed by atoms with Crippen molar-refractivity contribution in [3.8, 4) is 0 Å². The van der Waals surface area contributed by atoms with Gasteiger partial charge < -0.3 is 4.74 Å². The summed E-state index contributed by atoms with van der Waals surface area (Å²) < 4.78 is 5.59. The average Bonchev–Trinajstić information content (AvgIpc) is 2.06. The topological polar surface area (TPSA) is 26.3 Å². The van der Waals surface area contributed by atoms with Crippen LogP contribution in [-0.2, 0) is 9.53 Å². The summed E-state index contributed by atoms with van der Waals surface area (Å²) in [4.78, 5) is 10.5. The molecule has 1 rings (SSSR count). The van der Waals surface area contributed by atoms with Crippen LogP contribution in [0.1, 0.15) is 6.92 Å². The Labute approximate surface area is 61.2 Å². The zero-order chi connectivity index (χ0) is 7.45. The lowest BCUT2D eigenvalue weighted by Gasteiger charge is -2.32. The van der Waals surface area contributed by atoms with Gasteiger partial charge in [0.15, 0.2) is 0 Å². The minimum Gasteiger partial charge on any atom is -0.370 e. The normalized spacial score (nSPS) is 24.1. The van der Waals surface area contributed by atoms with Crippen molar-refractivity contribution in [2.45, 2.75) is 6.92 Å². The summed E-state index contributed by atoms with van der Waals surface area (Å²) in [5.74, 6) is 0. The molecule has 3 nitrogen and oxygen atoms in total. The summed E-state index contributed by atoms with van der Waals surface area (Å²) in [7, 11) is 0. The van der Waals surface area contributed by atoms with E-state index >= 15 is 0 Å². The second-order valence-corrected chi connectivity index (χ2v) is 2.61. The number of hydrogen-bond acceptors (Lipinski definition) is 2. The van der Waals surface area contributed by atoms with E-state index in [1.807, 2.05) is 6.92 Å². The van der Waals surface area contributed by atoms with Crippen molar-refractivity contribution >= 4 is 6.41 Å². The summed E-state index contributed by atoms with van der Waals surface area (Å²) in [5, 5.41) is 0. The Bertz CT molecular complexity index is 119. The average molecular weight is 143 g/mol. The first-order valence-electron chi connectivity index (χ1n) is 3.66. The highest BCUT2D eigenvalue weighted by molar-refractivity contribution is 5.38. The fourth-order valence-electron chi connectivity index (χ4n) is 1.16. The molecule has 10 heavy (non-hydrogen) atoms. The fourth-order valence-corrected chi connectivity index (χ4v) is 1.16. The van der Waals surface area contributed by atoms with Gasteiger partial charge in [-0.3, -0.25) is 0 Å². The molecule has 1 fully saturated rings. The second-order valence-electron chi connectivity index (χ2n) is 2.61. The maximum atomic E-state index is 10.5. The highest BCUT2D eigenvalue weighted by Crippen LogP contribution is 2.06. The smallest absolute Gasteiger partial charge is 0.370 e. The van der Waals surface area contributed by atoms with Gasteiger partial charge in [0.25, 0.3) is 0 Å². The Morgan fingerprint density at radius 3 is 2.40 bits per heavy atom. The molecule has 0 aliphatic carbocycles. The minimum absolute atomic E-state index is 0.458. The number of carbonyl (C=O) groups excluding carboxylic acids is 1. The molecule has 0 aromatic carbocycles. The maximum Gasteiger partial charge on any atom is 0.443 e. The first kappa shape index (κ1) is 7.69. The molecule has 1 heterocycles. The third kappa shape index (κ3) is 1.36. The van der Waals surface area contributed by atoms with Gasteiger partial charge in [-0.15, -0.1) is 0 Å². The molecular weight excluding hydrogens is 130 g/mol. The molecule has 0 unspecified atom stereocenters. The number of amides is 1. The van der Waals surface area contributed by atoms with E-state index in [0.29, 0.717) is 17.7 Å². The molecule has 0 spiro atoms. The largest absolute Gasteiger partial charge is 0.443 e. The molecule has 1 amide bonds. The highest BCUT2D eigenvalue weighted by atomic mass is 16.5. The third-order valence-corrected chi connectivity index (χ3v) is 2.13. The zero-order valence-corrected chi connectivity index (χ0v) is 6.30. The van der Waals surface area contributed by atoms with E-state index < -0.39 is 0 Å². The van der Waals surface area contributed by atoms with E-state index in [1.165, 1.54) is 0 Å². The van der Waals surface area contributed by atoms with Crippen LogP contribution in [0.5, 0.6) is 0 Å². The number of hydrogen-bond donors (Lipinski definition) is 0.